The van der Waals surface area contributed by atoms with Gasteiger partial charge in [-0.25, -0.2) is 0 Å². The molecule has 3 heteroatoms. The molecule has 16 heavy (non-hydrogen) atoms. The normalized spacial score (nSPS) is 12.2. The van der Waals surface area contributed by atoms with E-state index in [4.69, 9.17) is 11.6 Å². The fourth-order valence-electron chi connectivity index (χ4n) is 1.36. The predicted molar refractivity (Wildman–Crippen MR) is 74.5 cm³/mol. The van der Waals surface area contributed by atoms with Crippen LogP contribution in [0.4, 0.5) is 0 Å². The van der Waals surface area contributed by atoms with E-state index in [1.165, 1.54) is 10.5 Å². The molecule has 1 N–H and O–H groups in total. The number of halogens is 1. The molecule has 1 atom stereocenters. The van der Waals surface area contributed by atoms with Gasteiger partial charge in [0.1, 0.15) is 0 Å². The van der Waals surface area contributed by atoms with Crippen molar-refractivity contribution in [3.05, 3.63) is 40.9 Å². The van der Waals surface area contributed by atoms with Crippen LogP contribution in [0.15, 0.2) is 40.8 Å². The maximum atomic E-state index is 5.94. The van der Waals surface area contributed by atoms with E-state index in [0.717, 1.165) is 10.8 Å². The highest BCUT2D eigenvalue weighted by Gasteiger charge is 2.03. The van der Waals surface area contributed by atoms with E-state index in [9.17, 15) is 0 Å². The molecule has 0 aliphatic rings. The van der Waals surface area contributed by atoms with E-state index in [-0.39, 0.29) is 0 Å². The minimum Gasteiger partial charge on any atom is -0.313 e. The molecule has 0 radical (unpaired) electrons. The van der Waals surface area contributed by atoms with Gasteiger partial charge in [0.2, 0.25) is 0 Å². The molecule has 1 nitrogen and oxygen atoms in total. The molecule has 1 rings (SSSR count). The fraction of sp³-hybridized carbons (Fsp3) is 0.385. The maximum Gasteiger partial charge on any atom is 0.0417 e. The summed E-state index contributed by atoms with van der Waals surface area (Å²) in [5, 5.41) is 4.09. The van der Waals surface area contributed by atoms with E-state index in [1.807, 2.05) is 37.0 Å². The van der Waals surface area contributed by atoms with Gasteiger partial charge in [-0.2, -0.15) is 0 Å². The molecule has 0 saturated heterocycles. The average Bonchev–Trinajstić information content (AvgIpc) is 2.24. The van der Waals surface area contributed by atoms with Crippen LogP contribution < -0.4 is 5.32 Å². The number of nitrogens with one attached hydrogen (secondary N) is 1. The summed E-state index contributed by atoms with van der Waals surface area (Å²) in [5.41, 5.74) is 1.34. The topological polar surface area (TPSA) is 12.0 Å². The molecule has 1 unspecified atom stereocenters. The molecule has 0 aliphatic heterocycles. The zero-order valence-corrected chi connectivity index (χ0v) is 11.5. The summed E-state index contributed by atoms with van der Waals surface area (Å²) in [6.45, 7) is 4.24. The Morgan fingerprint density at radius 3 is 2.81 bits per heavy atom. The highest BCUT2D eigenvalue weighted by molar-refractivity contribution is 7.99. The van der Waals surface area contributed by atoms with Crippen LogP contribution in [0.25, 0.3) is 0 Å². The number of likely N-dealkylation sites (N-methyl/N-ethyl adjacent to an activating group) is 1. The van der Waals surface area contributed by atoms with Crippen molar-refractivity contribution in [3.8, 4) is 0 Å². The lowest BCUT2D eigenvalue weighted by Gasteiger charge is -2.12. The third kappa shape index (κ3) is 5.06. The zero-order valence-electron chi connectivity index (χ0n) is 9.96. The Hall–Kier alpha value is -0.440. The molecule has 0 spiro atoms. The van der Waals surface area contributed by atoms with E-state index in [1.54, 1.807) is 0 Å². The largest absolute Gasteiger partial charge is 0.313 e. The first kappa shape index (κ1) is 13.6. The van der Waals surface area contributed by atoms with Crippen LogP contribution in [0.3, 0.4) is 0 Å². The molecule has 0 heterocycles. The van der Waals surface area contributed by atoms with Crippen LogP contribution in [-0.4, -0.2) is 18.8 Å². The van der Waals surface area contributed by atoms with E-state index >= 15 is 0 Å². The van der Waals surface area contributed by atoms with Crippen molar-refractivity contribution < 1.29 is 0 Å². The summed E-state index contributed by atoms with van der Waals surface area (Å²) in [6.07, 6.45) is 2.25. The van der Waals surface area contributed by atoms with Crippen LogP contribution in [0.5, 0.6) is 0 Å². The zero-order chi connectivity index (χ0) is 12.0. The number of hydrogen-bond acceptors (Lipinski definition) is 2. The molecular weight excluding hydrogens is 238 g/mol. The Balaban J connectivity index is 2.53. The first-order valence-electron chi connectivity index (χ1n) is 5.32. The summed E-state index contributed by atoms with van der Waals surface area (Å²) in [4.78, 5) is 1.22. The summed E-state index contributed by atoms with van der Waals surface area (Å²) in [5.74, 6) is 1.02. The SMILES string of the molecule is CNC(C=C(C)C)CSc1cccc(Cl)c1. The van der Waals surface area contributed by atoms with E-state index < -0.39 is 0 Å². The number of thioether (sulfide) groups is 1. The lowest BCUT2D eigenvalue weighted by molar-refractivity contribution is 0.733. The second kappa shape index (κ2) is 7.00. The molecule has 0 fully saturated rings. The quantitative estimate of drug-likeness (QED) is 0.631. The lowest BCUT2D eigenvalue weighted by atomic mass is 10.2. The number of hydrogen-bond donors (Lipinski definition) is 1. The minimum atomic E-state index is 0.411. The van der Waals surface area contributed by atoms with Crippen LogP contribution in [0.1, 0.15) is 13.8 Å². The van der Waals surface area contributed by atoms with Crippen molar-refractivity contribution in [1.29, 1.82) is 0 Å². The third-order valence-corrected chi connectivity index (χ3v) is 3.48. The molecule has 1 aromatic rings. The maximum absolute atomic E-state index is 5.94. The Labute approximate surface area is 107 Å². The number of allylic oxidation sites excluding steroid dienone is 1. The van der Waals surface area contributed by atoms with E-state index in [0.29, 0.717) is 6.04 Å². The van der Waals surface area contributed by atoms with Gasteiger partial charge in [0, 0.05) is 21.7 Å². The smallest absolute Gasteiger partial charge is 0.0417 e. The van der Waals surface area contributed by atoms with Crippen molar-refractivity contribution in [1.82, 2.24) is 5.32 Å². The van der Waals surface area contributed by atoms with Gasteiger partial charge in [0.05, 0.1) is 0 Å². The van der Waals surface area contributed by atoms with Crippen molar-refractivity contribution in [2.24, 2.45) is 0 Å². The van der Waals surface area contributed by atoms with Crippen molar-refractivity contribution in [3.63, 3.8) is 0 Å². The Morgan fingerprint density at radius 2 is 2.25 bits per heavy atom. The van der Waals surface area contributed by atoms with Crippen molar-refractivity contribution in [2.75, 3.05) is 12.8 Å². The Kier molecular flexibility index (Phi) is 5.96. The molecule has 1 aromatic carbocycles. The van der Waals surface area contributed by atoms with Crippen LogP contribution in [-0.2, 0) is 0 Å². The van der Waals surface area contributed by atoms with Crippen molar-refractivity contribution >= 4 is 23.4 Å². The standard InChI is InChI=1S/C13H18ClNS/c1-10(2)7-12(15-3)9-16-13-6-4-5-11(14)8-13/h4-8,12,15H,9H2,1-3H3. The minimum absolute atomic E-state index is 0.411. The first-order chi connectivity index (χ1) is 7.61. The van der Waals surface area contributed by atoms with Gasteiger partial charge in [0.15, 0.2) is 0 Å². The second-order valence-corrected chi connectivity index (χ2v) is 5.44. The number of benzene rings is 1. The molecule has 0 aliphatic carbocycles. The van der Waals surface area contributed by atoms with Crippen molar-refractivity contribution in [2.45, 2.75) is 24.8 Å². The Bertz CT molecular complexity index is 359. The molecule has 0 amide bonds. The van der Waals surface area contributed by atoms with Gasteiger partial charge >= 0.3 is 0 Å². The molecule has 0 aromatic heterocycles. The van der Waals surface area contributed by atoms with Crippen LogP contribution in [0, 0.1) is 0 Å². The summed E-state index contributed by atoms with van der Waals surface area (Å²) >= 11 is 7.76. The second-order valence-electron chi connectivity index (χ2n) is 3.91. The average molecular weight is 256 g/mol. The van der Waals surface area contributed by atoms with Gasteiger partial charge in [-0.1, -0.05) is 29.3 Å². The van der Waals surface area contributed by atoms with E-state index in [2.05, 4.69) is 31.3 Å². The highest BCUT2D eigenvalue weighted by Crippen LogP contribution is 2.22. The third-order valence-electron chi connectivity index (χ3n) is 2.13. The fourth-order valence-corrected chi connectivity index (χ4v) is 2.63. The monoisotopic (exact) mass is 255 g/mol. The highest BCUT2D eigenvalue weighted by atomic mass is 35.5. The molecule has 0 saturated carbocycles. The summed E-state index contributed by atoms with van der Waals surface area (Å²) in [7, 11) is 1.99. The molecule has 88 valence electrons. The van der Waals surface area contributed by atoms with Gasteiger partial charge in [-0.3, -0.25) is 0 Å². The summed E-state index contributed by atoms with van der Waals surface area (Å²) < 4.78 is 0. The van der Waals surface area contributed by atoms with Gasteiger partial charge in [0.25, 0.3) is 0 Å². The number of rotatable bonds is 5. The molecular formula is C13H18ClNS. The lowest BCUT2D eigenvalue weighted by Crippen LogP contribution is -2.25. The predicted octanol–water partition coefficient (Wildman–Crippen LogP) is 3.99. The van der Waals surface area contributed by atoms with Gasteiger partial charge < -0.3 is 5.32 Å². The summed E-state index contributed by atoms with van der Waals surface area (Å²) in [6, 6.07) is 8.39. The van der Waals surface area contributed by atoms with Gasteiger partial charge in [-0.05, 0) is 39.1 Å². The van der Waals surface area contributed by atoms with Crippen LogP contribution >= 0.6 is 23.4 Å². The Morgan fingerprint density at radius 1 is 1.50 bits per heavy atom. The first-order valence-corrected chi connectivity index (χ1v) is 6.69. The van der Waals surface area contributed by atoms with Gasteiger partial charge in [-0.15, -0.1) is 11.8 Å². The van der Waals surface area contributed by atoms with Crippen LogP contribution in [0.2, 0.25) is 5.02 Å². The molecule has 0 bridgehead atoms.